The molecule has 0 aliphatic carbocycles. The predicted molar refractivity (Wildman–Crippen MR) is 98.0 cm³/mol. The molecule has 2 amide bonds. The lowest BCUT2D eigenvalue weighted by molar-refractivity contribution is -0.121. The van der Waals surface area contributed by atoms with Gasteiger partial charge in [0, 0.05) is 5.69 Å². The summed E-state index contributed by atoms with van der Waals surface area (Å²) in [4.78, 5) is 26.6. The van der Waals surface area contributed by atoms with E-state index in [4.69, 9.17) is 4.74 Å². The van der Waals surface area contributed by atoms with E-state index in [1.807, 2.05) is 45.0 Å². The highest BCUT2D eigenvalue weighted by Gasteiger charge is 2.40. The van der Waals surface area contributed by atoms with Crippen molar-refractivity contribution in [3.63, 3.8) is 0 Å². The molecule has 1 aliphatic rings. The standard InChI is InChI=1S/C20H22N2O3/c1-4-25-18-11-6-5-10-17(18)22-19(23)12-16(20(22)24)21-15-9-7-8-13(2)14(15)3/h5-11,16,21H,4,12H2,1-3H3. The minimum Gasteiger partial charge on any atom is -0.492 e. The first kappa shape index (κ1) is 17.0. The number of hydrogen-bond donors (Lipinski definition) is 1. The zero-order chi connectivity index (χ0) is 18.0. The quantitative estimate of drug-likeness (QED) is 0.849. The van der Waals surface area contributed by atoms with Crippen LogP contribution in [0.2, 0.25) is 0 Å². The van der Waals surface area contributed by atoms with Gasteiger partial charge in [-0.25, -0.2) is 4.90 Å². The smallest absolute Gasteiger partial charge is 0.256 e. The predicted octanol–water partition coefficient (Wildman–Crippen LogP) is 3.45. The van der Waals surface area contributed by atoms with Crippen molar-refractivity contribution in [1.82, 2.24) is 0 Å². The molecular formula is C20H22N2O3. The normalized spacial score (nSPS) is 17.1. The number of carbonyl (C=O) groups is 2. The molecule has 0 radical (unpaired) electrons. The van der Waals surface area contributed by atoms with E-state index in [0.29, 0.717) is 18.0 Å². The molecule has 2 aromatic carbocycles. The van der Waals surface area contributed by atoms with Crippen LogP contribution in [0, 0.1) is 13.8 Å². The van der Waals surface area contributed by atoms with Crippen LogP contribution in [0.25, 0.3) is 0 Å². The van der Waals surface area contributed by atoms with Crippen molar-refractivity contribution in [3.05, 3.63) is 53.6 Å². The Labute approximate surface area is 147 Å². The average Bonchev–Trinajstić information content (AvgIpc) is 2.87. The maximum Gasteiger partial charge on any atom is 0.256 e. The van der Waals surface area contributed by atoms with E-state index in [0.717, 1.165) is 16.8 Å². The van der Waals surface area contributed by atoms with Crippen LogP contribution in [0.15, 0.2) is 42.5 Å². The number of aryl methyl sites for hydroxylation is 1. The van der Waals surface area contributed by atoms with Crippen molar-refractivity contribution in [2.24, 2.45) is 0 Å². The Kier molecular flexibility index (Phi) is 4.74. The molecule has 5 heteroatoms. The molecular weight excluding hydrogens is 316 g/mol. The first-order valence-corrected chi connectivity index (χ1v) is 8.44. The van der Waals surface area contributed by atoms with E-state index in [-0.39, 0.29) is 18.2 Å². The van der Waals surface area contributed by atoms with Crippen molar-refractivity contribution in [2.75, 3.05) is 16.8 Å². The van der Waals surface area contributed by atoms with Crippen LogP contribution >= 0.6 is 0 Å². The van der Waals surface area contributed by atoms with Crippen molar-refractivity contribution in [2.45, 2.75) is 33.2 Å². The SMILES string of the molecule is CCOc1ccccc1N1C(=O)CC(Nc2cccc(C)c2C)C1=O. The summed E-state index contributed by atoms with van der Waals surface area (Å²) in [6, 6.07) is 12.4. The summed E-state index contributed by atoms with van der Waals surface area (Å²) in [6.45, 7) is 6.36. The monoisotopic (exact) mass is 338 g/mol. The number of nitrogens with one attached hydrogen (secondary N) is 1. The average molecular weight is 338 g/mol. The molecule has 0 saturated carbocycles. The molecule has 1 atom stereocenters. The summed E-state index contributed by atoms with van der Waals surface area (Å²) in [5.74, 6) is 0.0668. The molecule has 1 N–H and O–H groups in total. The van der Waals surface area contributed by atoms with Crippen LogP contribution in [-0.2, 0) is 9.59 Å². The second-order valence-corrected chi connectivity index (χ2v) is 6.12. The number of benzene rings is 2. The van der Waals surface area contributed by atoms with Crippen LogP contribution in [0.3, 0.4) is 0 Å². The van der Waals surface area contributed by atoms with E-state index in [1.165, 1.54) is 4.90 Å². The number of para-hydroxylation sites is 2. The van der Waals surface area contributed by atoms with E-state index in [9.17, 15) is 9.59 Å². The Hall–Kier alpha value is -2.82. The third kappa shape index (κ3) is 3.22. The largest absolute Gasteiger partial charge is 0.492 e. The third-order valence-electron chi connectivity index (χ3n) is 4.49. The Balaban J connectivity index is 1.87. The minimum absolute atomic E-state index is 0.132. The second kappa shape index (κ2) is 6.97. The second-order valence-electron chi connectivity index (χ2n) is 6.12. The lowest BCUT2D eigenvalue weighted by atomic mass is 10.1. The molecule has 3 rings (SSSR count). The van der Waals surface area contributed by atoms with Gasteiger partial charge in [0.15, 0.2) is 0 Å². The zero-order valence-electron chi connectivity index (χ0n) is 14.7. The summed E-state index contributed by atoms with van der Waals surface area (Å²) < 4.78 is 5.57. The molecule has 0 bridgehead atoms. The Bertz CT molecular complexity index is 816. The van der Waals surface area contributed by atoms with Gasteiger partial charge in [-0.1, -0.05) is 24.3 Å². The van der Waals surface area contributed by atoms with Gasteiger partial charge in [0.1, 0.15) is 11.8 Å². The van der Waals surface area contributed by atoms with Gasteiger partial charge in [-0.15, -0.1) is 0 Å². The molecule has 130 valence electrons. The van der Waals surface area contributed by atoms with Gasteiger partial charge in [-0.3, -0.25) is 9.59 Å². The highest BCUT2D eigenvalue weighted by Crippen LogP contribution is 2.33. The van der Waals surface area contributed by atoms with Gasteiger partial charge in [-0.05, 0) is 50.1 Å². The molecule has 2 aromatic rings. The number of anilines is 2. The molecule has 25 heavy (non-hydrogen) atoms. The Morgan fingerprint density at radius 1 is 1.12 bits per heavy atom. The van der Waals surface area contributed by atoms with Crippen molar-refractivity contribution < 1.29 is 14.3 Å². The summed E-state index contributed by atoms with van der Waals surface area (Å²) in [5, 5.41) is 3.23. The molecule has 1 aliphatic heterocycles. The van der Waals surface area contributed by atoms with E-state index >= 15 is 0 Å². The molecule has 0 aromatic heterocycles. The van der Waals surface area contributed by atoms with Crippen LogP contribution in [-0.4, -0.2) is 24.5 Å². The maximum absolute atomic E-state index is 12.9. The van der Waals surface area contributed by atoms with Gasteiger partial charge < -0.3 is 10.1 Å². The summed E-state index contributed by atoms with van der Waals surface area (Å²) >= 11 is 0. The number of ether oxygens (including phenoxy) is 1. The molecule has 5 nitrogen and oxygen atoms in total. The van der Waals surface area contributed by atoms with E-state index in [1.54, 1.807) is 18.2 Å². The van der Waals surface area contributed by atoms with Crippen LogP contribution in [0.4, 0.5) is 11.4 Å². The van der Waals surface area contributed by atoms with Crippen molar-refractivity contribution in [1.29, 1.82) is 0 Å². The molecule has 1 saturated heterocycles. The zero-order valence-corrected chi connectivity index (χ0v) is 14.7. The highest BCUT2D eigenvalue weighted by atomic mass is 16.5. The maximum atomic E-state index is 12.9. The number of hydrogen-bond acceptors (Lipinski definition) is 4. The highest BCUT2D eigenvalue weighted by molar-refractivity contribution is 6.23. The number of amides is 2. The number of rotatable bonds is 5. The van der Waals surface area contributed by atoms with Crippen LogP contribution in [0.1, 0.15) is 24.5 Å². The molecule has 0 spiro atoms. The summed E-state index contributed by atoms with van der Waals surface area (Å²) in [5.41, 5.74) is 3.60. The fraction of sp³-hybridized carbons (Fsp3) is 0.300. The number of nitrogens with zero attached hydrogens (tertiary/aromatic N) is 1. The fourth-order valence-corrected chi connectivity index (χ4v) is 3.01. The van der Waals surface area contributed by atoms with Gasteiger partial charge >= 0.3 is 0 Å². The Morgan fingerprint density at radius 3 is 2.64 bits per heavy atom. The molecule has 1 heterocycles. The van der Waals surface area contributed by atoms with Gasteiger partial charge in [-0.2, -0.15) is 0 Å². The molecule has 1 unspecified atom stereocenters. The van der Waals surface area contributed by atoms with Gasteiger partial charge in [0.05, 0.1) is 18.7 Å². The minimum atomic E-state index is -0.567. The topological polar surface area (TPSA) is 58.6 Å². The number of imide groups is 1. The van der Waals surface area contributed by atoms with Gasteiger partial charge in [0.25, 0.3) is 5.91 Å². The summed E-state index contributed by atoms with van der Waals surface area (Å²) in [6.07, 6.45) is 0.132. The van der Waals surface area contributed by atoms with Crippen molar-refractivity contribution in [3.8, 4) is 5.75 Å². The third-order valence-corrected chi connectivity index (χ3v) is 4.49. The first-order chi connectivity index (χ1) is 12.0. The van der Waals surface area contributed by atoms with E-state index < -0.39 is 6.04 Å². The lowest BCUT2D eigenvalue weighted by Gasteiger charge is -2.19. The molecule has 1 fully saturated rings. The lowest BCUT2D eigenvalue weighted by Crippen LogP contribution is -2.35. The van der Waals surface area contributed by atoms with Crippen LogP contribution < -0.4 is 15.0 Å². The van der Waals surface area contributed by atoms with Gasteiger partial charge in [0.2, 0.25) is 5.91 Å². The summed E-state index contributed by atoms with van der Waals surface area (Å²) in [7, 11) is 0. The number of carbonyl (C=O) groups excluding carboxylic acids is 2. The van der Waals surface area contributed by atoms with E-state index in [2.05, 4.69) is 5.32 Å². The van der Waals surface area contributed by atoms with Crippen molar-refractivity contribution >= 4 is 23.2 Å². The van der Waals surface area contributed by atoms with Crippen LogP contribution in [0.5, 0.6) is 5.75 Å². The first-order valence-electron chi connectivity index (χ1n) is 8.44. The fourth-order valence-electron chi connectivity index (χ4n) is 3.01. The Morgan fingerprint density at radius 2 is 1.88 bits per heavy atom.